The number of thioether (sulfide) groups is 1. The zero-order chi connectivity index (χ0) is 33.7. The molecule has 2 aromatic rings. The molecule has 0 aliphatic carbocycles. The third-order valence-electron chi connectivity index (χ3n) is 8.28. The maximum absolute atomic E-state index is 14.5. The van der Waals surface area contributed by atoms with Crippen molar-refractivity contribution >= 4 is 40.9 Å². The largest absolute Gasteiger partial charge is 0.487 e. The number of nitriles is 1. The molecule has 47 heavy (non-hydrogen) atoms. The van der Waals surface area contributed by atoms with Gasteiger partial charge in [0.25, 0.3) is 5.91 Å². The Balaban J connectivity index is 1.11. The molecule has 1 saturated heterocycles. The molecule has 2 N–H and O–H groups in total. The van der Waals surface area contributed by atoms with Crippen LogP contribution in [-0.2, 0) is 20.9 Å². The van der Waals surface area contributed by atoms with Crippen molar-refractivity contribution in [3.8, 4) is 11.8 Å². The molecular formula is C35H40FN5O5S. The number of carbonyl (C=O) groups excluding carboxylic acids is 3. The molecule has 2 atom stereocenters. The van der Waals surface area contributed by atoms with Gasteiger partial charge in [0.15, 0.2) is 0 Å². The van der Waals surface area contributed by atoms with Crippen molar-refractivity contribution in [1.29, 1.82) is 5.26 Å². The Labute approximate surface area is 278 Å². The van der Waals surface area contributed by atoms with E-state index in [0.29, 0.717) is 39.9 Å². The van der Waals surface area contributed by atoms with Crippen LogP contribution in [0.25, 0.3) is 0 Å². The number of anilines is 1. The highest BCUT2D eigenvalue weighted by Crippen LogP contribution is 2.34. The van der Waals surface area contributed by atoms with Crippen LogP contribution >= 0.6 is 11.8 Å². The van der Waals surface area contributed by atoms with Gasteiger partial charge in [-0.25, -0.2) is 4.39 Å². The number of halogens is 1. The quantitative estimate of drug-likeness (QED) is 0.340. The summed E-state index contributed by atoms with van der Waals surface area (Å²) in [5, 5.41) is 9.67. The van der Waals surface area contributed by atoms with E-state index in [9.17, 15) is 18.8 Å². The normalized spacial score (nSPS) is 18.7. The van der Waals surface area contributed by atoms with Gasteiger partial charge in [0.2, 0.25) is 5.91 Å². The van der Waals surface area contributed by atoms with E-state index in [4.69, 9.17) is 25.5 Å². The summed E-state index contributed by atoms with van der Waals surface area (Å²) in [5.41, 5.74) is 7.79. The van der Waals surface area contributed by atoms with Crippen molar-refractivity contribution in [2.45, 2.75) is 75.1 Å². The summed E-state index contributed by atoms with van der Waals surface area (Å²) in [7, 11) is 0. The average Bonchev–Trinajstić information content (AvgIpc) is 3.36. The molecule has 2 aromatic carbocycles. The lowest BCUT2D eigenvalue weighted by molar-refractivity contribution is -0.155. The van der Waals surface area contributed by atoms with Crippen molar-refractivity contribution in [2.24, 2.45) is 10.7 Å². The summed E-state index contributed by atoms with van der Waals surface area (Å²) in [5.74, 6) is -1.30. The lowest BCUT2D eigenvalue weighted by atomic mass is 10.1. The first-order valence-electron chi connectivity index (χ1n) is 15.8. The van der Waals surface area contributed by atoms with Gasteiger partial charge < -0.3 is 25.0 Å². The Bertz CT molecular complexity index is 1620. The minimum absolute atomic E-state index is 0.0441. The fourth-order valence-corrected chi connectivity index (χ4v) is 7.30. The second-order valence-corrected chi connectivity index (χ2v) is 14.4. The molecule has 3 aliphatic heterocycles. The molecule has 248 valence electrons. The van der Waals surface area contributed by atoms with Gasteiger partial charge in [-0.1, -0.05) is 12.1 Å². The number of primary amides is 1. The number of fused-ring (bicyclic) bond motifs is 1. The molecule has 0 spiro atoms. The van der Waals surface area contributed by atoms with Gasteiger partial charge in [-0.3, -0.25) is 19.4 Å². The smallest absolute Gasteiger partial charge is 0.306 e. The molecule has 5 rings (SSSR count). The summed E-state index contributed by atoms with van der Waals surface area (Å²) in [6.45, 7) is 7.80. The number of amides is 2. The van der Waals surface area contributed by atoms with Crippen molar-refractivity contribution < 1.29 is 28.2 Å². The molecule has 0 saturated carbocycles. The minimum Gasteiger partial charge on any atom is -0.487 e. The number of nitrogens with two attached hydrogens (primary N) is 1. The predicted molar refractivity (Wildman–Crippen MR) is 179 cm³/mol. The number of ether oxygens (including phenoxy) is 2. The first-order chi connectivity index (χ1) is 22.4. The number of rotatable bonds is 11. The number of aliphatic imine (C=N–C) groups is 1. The number of hydrogen-bond acceptors (Lipinski definition) is 9. The fourth-order valence-electron chi connectivity index (χ4n) is 6.00. The van der Waals surface area contributed by atoms with E-state index in [0.717, 1.165) is 31.6 Å². The van der Waals surface area contributed by atoms with Crippen molar-refractivity contribution in [3.05, 3.63) is 71.1 Å². The van der Waals surface area contributed by atoms with E-state index in [1.165, 1.54) is 11.0 Å². The maximum Gasteiger partial charge on any atom is 0.306 e. The Hall–Kier alpha value is -4.37. The van der Waals surface area contributed by atoms with Crippen molar-refractivity contribution in [2.75, 3.05) is 31.1 Å². The third-order valence-corrected chi connectivity index (χ3v) is 9.79. The van der Waals surface area contributed by atoms with Crippen LogP contribution in [0.5, 0.6) is 5.75 Å². The van der Waals surface area contributed by atoms with Crippen LogP contribution in [0.1, 0.15) is 67.9 Å². The zero-order valence-electron chi connectivity index (χ0n) is 26.9. The van der Waals surface area contributed by atoms with E-state index in [-0.39, 0.29) is 43.0 Å². The van der Waals surface area contributed by atoms with Gasteiger partial charge in [0, 0.05) is 41.1 Å². The average molecular weight is 662 g/mol. The topological polar surface area (TPSA) is 138 Å². The first kappa shape index (κ1) is 34.0. The number of nitrogens with zero attached hydrogens (tertiary/aromatic N) is 4. The molecular weight excluding hydrogens is 621 g/mol. The summed E-state index contributed by atoms with van der Waals surface area (Å²) >= 11 is 1.89. The van der Waals surface area contributed by atoms with Crippen LogP contribution in [-0.4, -0.2) is 76.8 Å². The van der Waals surface area contributed by atoms with E-state index in [2.05, 4.69) is 6.08 Å². The van der Waals surface area contributed by atoms with Crippen LogP contribution in [0.3, 0.4) is 0 Å². The number of dihydropyridines is 1. The highest BCUT2D eigenvalue weighted by atomic mass is 32.2. The molecule has 3 heterocycles. The SMILES string of the molecule is CC(C)(C)OC(=O)CC[C@@H](C(N)=O)N1Cc2c(OCC3=NCC(SC4CCN(c5ccc(C#N)cc5F)CC4)C=C3)cccc2C1=O. The second-order valence-electron chi connectivity index (χ2n) is 12.9. The Morgan fingerprint density at radius 1 is 1.21 bits per heavy atom. The Morgan fingerprint density at radius 3 is 2.62 bits per heavy atom. The second kappa shape index (κ2) is 14.6. The number of carbonyl (C=O) groups is 3. The fraction of sp³-hybridized carbons (Fsp3) is 0.457. The van der Waals surface area contributed by atoms with Gasteiger partial charge in [0.1, 0.15) is 29.8 Å². The van der Waals surface area contributed by atoms with E-state index < -0.39 is 23.5 Å². The van der Waals surface area contributed by atoms with Gasteiger partial charge in [-0.15, -0.1) is 11.8 Å². The molecule has 0 radical (unpaired) electrons. The summed E-state index contributed by atoms with van der Waals surface area (Å²) in [6.07, 6.45) is 6.00. The lowest BCUT2D eigenvalue weighted by Crippen LogP contribution is -2.45. The third kappa shape index (κ3) is 8.51. The molecule has 1 unspecified atom stereocenters. The van der Waals surface area contributed by atoms with Crippen molar-refractivity contribution in [1.82, 2.24) is 4.90 Å². The summed E-state index contributed by atoms with van der Waals surface area (Å²) in [6, 6.07) is 10.9. The molecule has 2 amide bonds. The summed E-state index contributed by atoms with van der Waals surface area (Å²) in [4.78, 5) is 46.1. The first-order valence-corrected chi connectivity index (χ1v) is 16.7. The zero-order valence-corrected chi connectivity index (χ0v) is 27.7. The standard InChI is InChI=1S/C35H40FN5O5S/c1-35(2,3)46-32(42)12-11-30(33(38)43)41-20-27-26(34(41)44)5-4-6-31(27)45-21-23-8-9-25(19-39-23)47-24-13-15-40(16-14-24)29-10-7-22(18-37)17-28(29)36/h4-10,17,24-25,30H,11-16,19-21H2,1-3H3,(H2,38,43)/t25?,30-/m0/s1. The molecule has 0 aromatic heterocycles. The maximum atomic E-state index is 14.5. The minimum atomic E-state index is -0.959. The van der Waals surface area contributed by atoms with Gasteiger partial charge in [-0.05, 0) is 76.4 Å². The van der Waals surface area contributed by atoms with Crippen LogP contribution in [0.4, 0.5) is 10.1 Å². The highest BCUT2D eigenvalue weighted by Gasteiger charge is 2.37. The molecule has 3 aliphatic rings. The molecule has 12 heteroatoms. The highest BCUT2D eigenvalue weighted by molar-refractivity contribution is 8.00. The summed E-state index contributed by atoms with van der Waals surface area (Å²) < 4.78 is 26.0. The van der Waals surface area contributed by atoms with Crippen LogP contribution < -0.4 is 15.4 Å². The molecule has 10 nitrogen and oxygen atoms in total. The van der Waals surface area contributed by atoms with E-state index in [1.54, 1.807) is 51.1 Å². The monoisotopic (exact) mass is 661 g/mol. The number of piperidine rings is 1. The number of hydrogen-bond donors (Lipinski definition) is 1. The predicted octanol–water partition coefficient (Wildman–Crippen LogP) is 4.79. The Kier molecular flexibility index (Phi) is 10.5. The van der Waals surface area contributed by atoms with Gasteiger partial charge in [0.05, 0.1) is 36.1 Å². The molecule has 0 bridgehead atoms. The number of benzene rings is 2. The van der Waals surface area contributed by atoms with E-state index >= 15 is 0 Å². The van der Waals surface area contributed by atoms with Crippen LogP contribution in [0, 0.1) is 17.1 Å². The molecule has 1 fully saturated rings. The van der Waals surface area contributed by atoms with E-state index in [1.807, 2.05) is 28.8 Å². The lowest BCUT2D eigenvalue weighted by Gasteiger charge is -2.34. The van der Waals surface area contributed by atoms with Gasteiger partial charge in [-0.2, -0.15) is 5.26 Å². The van der Waals surface area contributed by atoms with Gasteiger partial charge >= 0.3 is 5.97 Å². The Morgan fingerprint density at radius 2 is 1.98 bits per heavy atom. The van der Waals surface area contributed by atoms with Crippen molar-refractivity contribution in [3.63, 3.8) is 0 Å². The van der Waals surface area contributed by atoms with Crippen LogP contribution in [0.15, 0.2) is 53.5 Å². The number of esters is 1. The van der Waals surface area contributed by atoms with Crippen LogP contribution in [0.2, 0.25) is 0 Å².